The predicted octanol–water partition coefficient (Wildman–Crippen LogP) is 3.25. The molecule has 0 aromatic heterocycles. The second-order valence-corrected chi connectivity index (χ2v) is 4.59. The highest BCUT2D eigenvalue weighted by atomic mass is 16.3. The number of anilines is 1. The number of hydrogen-bond acceptors (Lipinski definition) is 3. The fourth-order valence-electron chi connectivity index (χ4n) is 1.89. The number of nitrogens with one attached hydrogen (secondary N) is 1. The molecule has 1 rings (SSSR count). The van der Waals surface area contributed by atoms with Crippen LogP contribution >= 0.6 is 0 Å². The lowest BCUT2D eigenvalue weighted by Gasteiger charge is -2.09. The van der Waals surface area contributed by atoms with Gasteiger partial charge >= 0.3 is 0 Å². The molecule has 0 aliphatic carbocycles. The second kappa shape index (κ2) is 7.77. The summed E-state index contributed by atoms with van der Waals surface area (Å²) in [5, 5.41) is 21.4. The van der Waals surface area contributed by atoms with E-state index in [1.54, 1.807) is 12.1 Å². The van der Waals surface area contributed by atoms with Crippen molar-refractivity contribution in [3.8, 4) is 18.4 Å². The van der Waals surface area contributed by atoms with Gasteiger partial charge in [-0.3, -0.25) is 4.79 Å². The zero-order valence-corrected chi connectivity index (χ0v) is 12.2. The van der Waals surface area contributed by atoms with Gasteiger partial charge in [-0.05, 0) is 36.6 Å². The summed E-state index contributed by atoms with van der Waals surface area (Å²) < 4.78 is 0. The molecule has 0 spiro atoms. The fraction of sp³-hybridized carbons (Fsp3) is 0.294. The summed E-state index contributed by atoms with van der Waals surface area (Å²) in [5.74, 6) is 1.44. The number of allylic oxidation sites excluding steroid dienone is 1. The molecule has 0 fully saturated rings. The number of benzene rings is 1. The van der Waals surface area contributed by atoms with Crippen LogP contribution < -0.4 is 5.32 Å². The van der Waals surface area contributed by atoms with Gasteiger partial charge in [0.05, 0.1) is 0 Å². The Labute approximate surface area is 125 Å². The van der Waals surface area contributed by atoms with Crippen LogP contribution in [0.15, 0.2) is 29.5 Å². The van der Waals surface area contributed by atoms with Gasteiger partial charge in [0.1, 0.15) is 11.8 Å². The average molecular weight is 282 g/mol. The molecule has 1 aromatic carbocycles. The molecule has 21 heavy (non-hydrogen) atoms. The Morgan fingerprint density at radius 3 is 2.76 bits per heavy atom. The van der Waals surface area contributed by atoms with E-state index in [4.69, 9.17) is 11.7 Å². The number of terminal acetylenes is 1. The van der Waals surface area contributed by atoms with Gasteiger partial charge in [-0.25, -0.2) is 0 Å². The minimum atomic E-state index is -0.627. The van der Waals surface area contributed by atoms with Gasteiger partial charge in [-0.2, -0.15) is 5.26 Å². The lowest BCUT2D eigenvalue weighted by molar-refractivity contribution is -0.112. The molecular weight excluding hydrogens is 264 g/mol. The molecule has 1 amide bonds. The van der Waals surface area contributed by atoms with Crippen molar-refractivity contribution in [1.29, 1.82) is 5.26 Å². The van der Waals surface area contributed by atoms with Gasteiger partial charge in [0.2, 0.25) is 0 Å². The average Bonchev–Trinajstić information content (AvgIpc) is 2.47. The van der Waals surface area contributed by atoms with Crippen molar-refractivity contribution in [2.45, 2.75) is 33.1 Å². The summed E-state index contributed by atoms with van der Waals surface area (Å²) in [6.45, 7) is 4.02. The van der Waals surface area contributed by atoms with Crippen molar-refractivity contribution >= 4 is 11.6 Å². The number of carbonyl (C=O) groups excluding carboxylic acids is 1. The first-order valence-electron chi connectivity index (χ1n) is 6.70. The van der Waals surface area contributed by atoms with Crippen LogP contribution in [0.5, 0.6) is 0 Å². The maximum Gasteiger partial charge on any atom is 0.269 e. The monoisotopic (exact) mass is 282 g/mol. The zero-order chi connectivity index (χ0) is 15.8. The normalized spacial score (nSPS) is 11.0. The lowest BCUT2D eigenvalue weighted by Crippen LogP contribution is -2.15. The Hall–Kier alpha value is -2.72. The topological polar surface area (TPSA) is 73.1 Å². The Kier molecular flexibility index (Phi) is 6.04. The van der Waals surface area contributed by atoms with Crippen molar-refractivity contribution in [3.63, 3.8) is 0 Å². The van der Waals surface area contributed by atoms with E-state index in [0.29, 0.717) is 5.69 Å². The molecule has 0 bridgehead atoms. The van der Waals surface area contributed by atoms with Crippen LogP contribution in [0.2, 0.25) is 0 Å². The highest BCUT2D eigenvalue weighted by Crippen LogP contribution is 2.17. The summed E-state index contributed by atoms with van der Waals surface area (Å²) >= 11 is 0. The van der Waals surface area contributed by atoms with Crippen LogP contribution in [0.4, 0.5) is 5.69 Å². The smallest absolute Gasteiger partial charge is 0.269 e. The second-order valence-electron chi connectivity index (χ2n) is 4.59. The molecule has 4 nitrogen and oxygen atoms in total. The van der Waals surface area contributed by atoms with E-state index in [9.17, 15) is 9.90 Å². The maximum atomic E-state index is 12.0. The Balaban J connectivity index is 2.94. The summed E-state index contributed by atoms with van der Waals surface area (Å²) in [4.78, 5) is 12.0. The standard InChI is InChI=1S/C17H18N2O2/c1-4-6-7-16(20)15(11-18)17(21)19-14-9-8-12(3)13(5-2)10-14/h1,8-10,20H,5-7H2,2-3H3,(H,19,21)/b16-15-. The Bertz CT molecular complexity index is 646. The van der Waals surface area contributed by atoms with Gasteiger partial charge in [0.25, 0.3) is 5.91 Å². The fourth-order valence-corrected chi connectivity index (χ4v) is 1.89. The van der Waals surface area contributed by atoms with Crippen molar-refractivity contribution in [1.82, 2.24) is 0 Å². The van der Waals surface area contributed by atoms with Crippen LogP contribution in [-0.4, -0.2) is 11.0 Å². The highest BCUT2D eigenvalue weighted by Gasteiger charge is 2.15. The lowest BCUT2D eigenvalue weighted by atomic mass is 10.1. The summed E-state index contributed by atoms with van der Waals surface area (Å²) in [5.41, 5.74) is 2.55. The van der Waals surface area contributed by atoms with E-state index in [-0.39, 0.29) is 24.2 Å². The molecule has 0 atom stereocenters. The van der Waals surface area contributed by atoms with Crippen molar-refractivity contribution in [2.75, 3.05) is 5.32 Å². The first-order valence-corrected chi connectivity index (χ1v) is 6.70. The van der Waals surface area contributed by atoms with Crippen LogP contribution in [0.1, 0.15) is 30.9 Å². The van der Waals surface area contributed by atoms with Gasteiger partial charge in [0, 0.05) is 18.5 Å². The quantitative estimate of drug-likeness (QED) is 0.377. The molecule has 0 saturated heterocycles. The first kappa shape index (κ1) is 16.3. The van der Waals surface area contributed by atoms with Gasteiger partial charge in [-0.1, -0.05) is 13.0 Å². The number of aliphatic hydroxyl groups is 1. The van der Waals surface area contributed by atoms with E-state index in [1.807, 2.05) is 26.0 Å². The number of amides is 1. The minimum Gasteiger partial charge on any atom is -0.511 e. The number of rotatable bonds is 5. The van der Waals surface area contributed by atoms with E-state index >= 15 is 0 Å². The molecule has 0 unspecified atom stereocenters. The molecule has 0 radical (unpaired) electrons. The van der Waals surface area contributed by atoms with Crippen LogP contribution in [-0.2, 0) is 11.2 Å². The molecule has 108 valence electrons. The van der Waals surface area contributed by atoms with Crippen LogP contribution in [0, 0.1) is 30.6 Å². The molecule has 0 aliphatic heterocycles. The number of hydrogen-bond donors (Lipinski definition) is 2. The van der Waals surface area contributed by atoms with Gasteiger partial charge in [0.15, 0.2) is 5.57 Å². The molecule has 0 aliphatic rings. The Morgan fingerprint density at radius 2 is 2.19 bits per heavy atom. The molecule has 2 N–H and O–H groups in total. The van der Waals surface area contributed by atoms with Gasteiger partial charge < -0.3 is 10.4 Å². The molecule has 0 heterocycles. The zero-order valence-electron chi connectivity index (χ0n) is 12.2. The third kappa shape index (κ3) is 4.40. The maximum absolute atomic E-state index is 12.0. The Morgan fingerprint density at radius 1 is 1.48 bits per heavy atom. The van der Waals surface area contributed by atoms with Crippen molar-refractivity contribution in [3.05, 3.63) is 40.7 Å². The number of nitrogens with zero attached hydrogens (tertiary/aromatic N) is 1. The van der Waals surface area contributed by atoms with E-state index < -0.39 is 5.91 Å². The number of aliphatic hydroxyl groups excluding tert-OH is 1. The van der Waals surface area contributed by atoms with E-state index in [1.165, 1.54) is 0 Å². The molecule has 0 saturated carbocycles. The third-order valence-electron chi connectivity index (χ3n) is 3.12. The van der Waals surface area contributed by atoms with Crippen molar-refractivity contribution in [2.24, 2.45) is 0 Å². The minimum absolute atomic E-state index is 0.112. The summed E-state index contributed by atoms with van der Waals surface area (Å²) in [6, 6.07) is 7.25. The highest BCUT2D eigenvalue weighted by molar-refractivity contribution is 6.06. The van der Waals surface area contributed by atoms with Crippen LogP contribution in [0.3, 0.4) is 0 Å². The summed E-state index contributed by atoms with van der Waals surface area (Å²) in [7, 11) is 0. The van der Waals surface area contributed by atoms with Crippen LogP contribution in [0.25, 0.3) is 0 Å². The number of carbonyl (C=O) groups is 1. The summed E-state index contributed by atoms with van der Waals surface area (Å²) in [6.07, 6.45) is 6.33. The van der Waals surface area contributed by atoms with Crippen molar-refractivity contribution < 1.29 is 9.90 Å². The molecule has 4 heteroatoms. The first-order chi connectivity index (χ1) is 10.0. The SMILES string of the molecule is C#CCC/C(O)=C(\C#N)C(=O)Nc1ccc(C)c(CC)c1. The van der Waals surface area contributed by atoms with E-state index in [0.717, 1.165) is 17.5 Å². The number of nitriles is 1. The van der Waals surface area contributed by atoms with Gasteiger partial charge in [-0.15, -0.1) is 12.3 Å². The molecule has 1 aromatic rings. The number of aryl methyl sites for hydroxylation is 2. The van der Waals surface area contributed by atoms with E-state index in [2.05, 4.69) is 11.2 Å². The predicted molar refractivity (Wildman–Crippen MR) is 82.5 cm³/mol. The largest absolute Gasteiger partial charge is 0.511 e. The molecular formula is C17H18N2O2. The third-order valence-corrected chi connectivity index (χ3v) is 3.12.